The van der Waals surface area contributed by atoms with Gasteiger partial charge in [-0.15, -0.1) is 0 Å². The van der Waals surface area contributed by atoms with E-state index in [1.54, 1.807) is 6.92 Å². The molecule has 1 amide bonds. The van der Waals surface area contributed by atoms with Crippen molar-refractivity contribution in [2.75, 3.05) is 6.54 Å². The summed E-state index contributed by atoms with van der Waals surface area (Å²) in [4.78, 5) is 15.9. The third-order valence-electron chi connectivity index (χ3n) is 3.23. The summed E-state index contributed by atoms with van der Waals surface area (Å²) in [5.74, 6) is -1.37. The van der Waals surface area contributed by atoms with Crippen LogP contribution in [0, 0.1) is 11.6 Å². The molecule has 6 heteroatoms. The van der Waals surface area contributed by atoms with Gasteiger partial charge in [0.1, 0.15) is 11.6 Å². The van der Waals surface area contributed by atoms with Crippen LogP contribution in [0.25, 0.3) is 0 Å². The molecule has 1 unspecified atom stereocenters. The highest BCUT2D eigenvalue weighted by atomic mass is 35.5. The Morgan fingerprint density at radius 1 is 1.36 bits per heavy atom. The standard InChI is InChI=1S/C16H15ClF2N2O/c1-10(16-14(19)3-2-6-20-16)9-21-15(22)7-11-4-5-12(18)8-13(11)17/h2-6,8,10H,7,9H2,1H3,(H,21,22). The Morgan fingerprint density at radius 3 is 2.82 bits per heavy atom. The lowest BCUT2D eigenvalue weighted by Gasteiger charge is -2.13. The van der Waals surface area contributed by atoms with Gasteiger partial charge >= 0.3 is 0 Å². The summed E-state index contributed by atoms with van der Waals surface area (Å²) in [7, 11) is 0. The van der Waals surface area contributed by atoms with E-state index in [0.29, 0.717) is 11.3 Å². The smallest absolute Gasteiger partial charge is 0.224 e. The van der Waals surface area contributed by atoms with Gasteiger partial charge in [0.15, 0.2) is 0 Å². The van der Waals surface area contributed by atoms with Crippen molar-refractivity contribution in [3.05, 3.63) is 64.4 Å². The third-order valence-corrected chi connectivity index (χ3v) is 3.58. The lowest BCUT2D eigenvalue weighted by atomic mass is 10.1. The average molecular weight is 325 g/mol. The number of carbonyl (C=O) groups is 1. The number of carbonyl (C=O) groups excluding carboxylic acids is 1. The van der Waals surface area contributed by atoms with E-state index < -0.39 is 11.6 Å². The zero-order chi connectivity index (χ0) is 16.1. The number of nitrogens with one attached hydrogen (secondary N) is 1. The quantitative estimate of drug-likeness (QED) is 0.915. The molecule has 22 heavy (non-hydrogen) atoms. The molecule has 0 bridgehead atoms. The Hall–Kier alpha value is -2.01. The van der Waals surface area contributed by atoms with Gasteiger partial charge in [0, 0.05) is 23.7 Å². The maximum absolute atomic E-state index is 13.6. The van der Waals surface area contributed by atoms with Crippen LogP contribution in [-0.4, -0.2) is 17.4 Å². The van der Waals surface area contributed by atoms with Crippen LogP contribution in [0.3, 0.4) is 0 Å². The fourth-order valence-corrected chi connectivity index (χ4v) is 2.26. The van der Waals surface area contributed by atoms with E-state index in [1.165, 1.54) is 30.5 Å². The second kappa shape index (κ2) is 7.31. The number of benzene rings is 1. The van der Waals surface area contributed by atoms with Crippen LogP contribution in [-0.2, 0) is 11.2 Å². The SMILES string of the molecule is CC(CNC(=O)Cc1ccc(F)cc1Cl)c1ncccc1F. The van der Waals surface area contributed by atoms with Crippen LogP contribution in [0.4, 0.5) is 8.78 Å². The van der Waals surface area contributed by atoms with Gasteiger partial charge < -0.3 is 5.32 Å². The van der Waals surface area contributed by atoms with Crippen molar-refractivity contribution >= 4 is 17.5 Å². The van der Waals surface area contributed by atoms with Crippen molar-refractivity contribution in [1.82, 2.24) is 10.3 Å². The minimum absolute atomic E-state index is 0.0382. The molecule has 0 radical (unpaired) electrons. The molecule has 0 aliphatic heterocycles. The molecule has 116 valence electrons. The first kappa shape index (κ1) is 16.4. The van der Waals surface area contributed by atoms with Crippen molar-refractivity contribution in [2.24, 2.45) is 0 Å². The summed E-state index contributed by atoms with van der Waals surface area (Å²) < 4.78 is 26.5. The molecular formula is C16H15ClF2N2O. The van der Waals surface area contributed by atoms with E-state index >= 15 is 0 Å². The Balaban J connectivity index is 1.91. The summed E-state index contributed by atoms with van der Waals surface area (Å²) in [5, 5.41) is 2.91. The minimum Gasteiger partial charge on any atom is -0.355 e. The lowest BCUT2D eigenvalue weighted by molar-refractivity contribution is -0.120. The molecule has 1 N–H and O–H groups in total. The fourth-order valence-electron chi connectivity index (χ4n) is 2.02. The van der Waals surface area contributed by atoms with Gasteiger partial charge in [-0.3, -0.25) is 9.78 Å². The Morgan fingerprint density at radius 2 is 2.14 bits per heavy atom. The van der Waals surface area contributed by atoms with E-state index in [2.05, 4.69) is 10.3 Å². The van der Waals surface area contributed by atoms with Crippen LogP contribution in [0.15, 0.2) is 36.5 Å². The Labute approximate surface area is 132 Å². The van der Waals surface area contributed by atoms with Gasteiger partial charge in [0.2, 0.25) is 5.91 Å². The predicted octanol–water partition coefficient (Wildman–Crippen LogP) is 3.48. The average Bonchev–Trinajstić information content (AvgIpc) is 2.48. The van der Waals surface area contributed by atoms with E-state index in [4.69, 9.17) is 11.6 Å². The van der Waals surface area contributed by atoms with Gasteiger partial charge in [-0.1, -0.05) is 24.6 Å². The number of pyridine rings is 1. The second-order valence-electron chi connectivity index (χ2n) is 4.99. The molecule has 3 nitrogen and oxygen atoms in total. The van der Waals surface area contributed by atoms with Crippen molar-refractivity contribution in [2.45, 2.75) is 19.3 Å². The summed E-state index contributed by atoms with van der Waals surface area (Å²) in [6, 6.07) is 6.73. The normalized spacial score (nSPS) is 12.0. The lowest BCUT2D eigenvalue weighted by Crippen LogP contribution is -2.29. The molecule has 0 fully saturated rings. The number of hydrogen-bond donors (Lipinski definition) is 1. The summed E-state index contributed by atoms with van der Waals surface area (Å²) in [5.41, 5.74) is 0.847. The molecule has 1 atom stereocenters. The Kier molecular flexibility index (Phi) is 5.44. The van der Waals surface area contributed by atoms with Crippen molar-refractivity contribution in [1.29, 1.82) is 0 Å². The number of halogens is 3. The molecule has 2 rings (SSSR count). The zero-order valence-corrected chi connectivity index (χ0v) is 12.7. The van der Waals surface area contributed by atoms with Crippen LogP contribution < -0.4 is 5.32 Å². The van der Waals surface area contributed by atoms with Gasteiger partial charge in [-0.2, -0.15) is 0 Å². The highest BCUT2D eigenvalue weighted by Gasteiger charge is 2.14. The summed E-state index contributed by atoms with van der Waals surface area (Å²) >= 11 is 5.87. The zero-order valence-electron chi connectivity index (χ0n) is 11.9. The first-order valence-corrected chi connectivity index (χ1v) is 7.16. The van der Waals surface area contributed by atoms with Gasteiger partial charge in [0.05, 0.1) is 12.1 Å². The molecular weight excluding hydrogens is 310 g/mol. The molecule has 2 aromatic rings. The second-order valence-corrected chi connectivity index (χ2v) is 5.40. The van der Waals surface area contributed by atoms with Gasteiger partial charge in [0.25, 0.3) is 0 Å². The van der Waals surface area contributed by atoms with Crippen molar-refractivity contribution in [3.8, 4) is 0 Å². The first-order chi connectivity index (χ1) is 10.5. The number of hydrogen-bond acceptors (Lipinski definition) is 2. The molecule has 1 heterocycles. The van der Waals surface area contributed by atoms with Crippen LogP contribution in [0.5, 0.6) is 0 Å². The van der Waals surface area contributed by atoms with E-state index in [0.717, 1.165) is 6.07 Å². The molecule has 0 aliphatic rings. The topological polar surface area (TPSA) is 42.0 Å². The largest absolute Gasteiger partial charge is 0.355 e. The van der Waals surface area contributed by atoms with Crippen LogP contribution >= 0.6 is 11.6 Å². The summed E-state index contributed by atoms with van der Waals surface area (Å²) in [6.07, 6.45) is 1.55. The fraction of sp³-hybridized carbons (Fsp3) is 0.250. The predicted molar refractivity (Wildman–Crippen MR) is 80.7 cm³/mol. The molecule has 1 aromatic heterocycles. The van der Waals surface area contributed by atoms with Crippen LogP contribution in [0.2, 0.25) is 5.02 Å². The number of amides is 1. The molecule has 1 aromatic carbocycles. The number of rotatable bonds is 5. The summed E-state index contributed by atoms with van der Waals surface area (Å²) in [6.45, 7) is 2.03. The van der Waals surface area contributed by atoms with E-state index in [1.807, 2.05) is 0 Å². The molecule has 0 saturated carbocycles. The molecule has 0 spiro atoms. The maximum atomic E-state index is 13.6. The van der Waals surface area contributed by atoms with E-state index in [-0.39, 0.29) is 29.8 Å². The third kappa shape index (κ3) is 4.24. The van der Waals surface area contributed by atoms with Crippen molar-refractivity contribution in [3.63, 3.8) is 0 Å². The highest BCUT2D eigenvalue weighted by Crippen LogP contribution is 2.18. The minimum atomic E-state index is -0.451. The van der Waals surface area contributed by atoms with Gasteiger partial charge in [-0.05, 0) is 29.8 Å². The highest BCUT2D eigenvalue weighted by molar-refractivity contribution is 6.31. The monoisotopic (exact) mass is 324 g/mol. The number of nitrogens with zero attached hydrogens (tertiary/aromatic N) is 1. The van der Waals surface area contributed by atoms with Crippen LogP contribution in [0.1, 0.15) is 24.1 Å². The molecule has 0 saturated heterocycles. The number of aromatic nitrogens is 1. The maximum Gasteiger partial charge on any atom is 0.224 e. The molecule has 0 aliphatic carbocycles. The first-order valence-electron chi connectivity index (χ1n) is 6.78. The van der Waals surface area contributed by atoms with E-state index in [9.17, 15) is 13.6 Å². The Bertz CT molecular complexity index is 679. The van der Waals surface area contributed by atoms with Crippen molar-refractivity contribution < 1.29 is 13.6 Å². The van der Waals surface area contributed by atoms with Gasteiger partial charge in [-0.25, -0.2) is 8.78 Å².